The normalized spacial score (nSPS) is 23.0. The van der Waals surface area contributed by atoms with Gasteiger partial charge in [-0.2, -0.15) is 0 Å². The maximum atomic E-state index is 13.2. The molecule has 0 saturated carbocycles. The molecule has 21 heavy (non-hydrogen) atoms. The quantitative estimate of drug-likeness (QED) is 0.673. The molecule has 1 unspecified atom stereocenters. The van der Waals surface area contributed by atoms with Crippen molar-refractivity contribution in [2.75, 3.05) is 5.73 Å². The Morgan fingerprint density at radius 3 is 2.38 bits per heavy atom. The number of halogens is 2. The number of nitrogens with two attached hydrogens (primary N) is 1. The van der Waals surface area contributed by atoms with Crippen molar-refractivity contribution >= 4 is 11.7 Å². The molecule has 1 aromatic rings. The Kier molecular flexibility index (Phi) is 3.70. The van der Waals surface area contributed by atoms with Crippen molar-refractivity contribution in [2.45, 2.75) is 51.4 Å². The second kappa shape index (κ2) is 4.94. The Balaban J connectivity index is 2.21. The molecular weight excluding hydrogens is 280 g/mol. The summed E-state index contributed by atoms with van der Waals surface area (Å²) in [6.45, 7) is 7.42. The van der Waals surface area contributed by atoms with Crippen LogP contribution in [0.15, 0.2) is 12.1 Å². The number of rotatable bonds is 2. The Bertz CT molecular complexity index is 585. The van der Waals surface area contributed by atoms with E-state index in [2.05, 4.69) is 0 Å². The van der Waals surface area contributed by atoms with Crippen molar-refractivity contribution < 1.29 is 23.0 Å². The monoisotopic (exact) mass is 299 g/mol. The van der Waals surface area contributed by atoms with Gasteiger partial charge in [-0.15, -0.1) is 0 Å². The maximum Gasteiger partial charge on any atom is 0.340 e. The van der Waals surface area contributed by atoms with Gasteiger partial charge in [0, 0.05) is 18.2 Å². The van der Waals surface area contributed by atoms with Crippen LogP contribution in [0.5, 0.6) is 0 Å². The van der Waals surface area contributed by atoms with Crippen LogP contribution in [0.25, 0.3) is 0 Å². The number of carbonyl (C=O) groups is 1. The van der Waals surface area contributed by atoms with Crippen molar-refractivity contribution in [1.82, 2.24) is 0 Å². The van der Waals surface area contributed by atoms with Crippen LogP contribution in [0, 0.1) is 11.6 Å². The number of carbonyl (C=O) groups excluding carboxylic acids is 1. The highest BCUT2D eigenvalue weighted by atomic mass is 19.2. The molecule has 4 nitrogen and oxygen atoms in total. The molecule has 1 aromatic carbocycles. The summed E-state index contributed by atoms with van der Waals surface area (Å²) < 4.78 is 37.5. The van der Waals surface area contributed by atoms with Gasteiger partial charge in [0.1, 0.15) is 11.7 Å². The van der Waals surface area contributed by atoms with Crippen LogP contribution in [0.4, 0.5) is 14.5 Å². The Labute approximate surface area is 122 Å². The highest BCUT2D eigenvalue weighted by Gasteiger charge is 2.48. The molecule has 0 aromatic heterocycles. The molecule has 0 aliphatic carbocycles. The van der Waals surface area contributed by atoms with E-state index in [1.807, 2.05) is 27.7 Å². The smallest absolute Gasteiger partial charge is 0.340 e. The summed E-state index contributed by atoms with van der Waals surface area (Å²) in [5.74, 6) is -3.03. The zero-order valence-electron chi connectivity index (χ0n) is 12.5. The van der Waals surface area contributed by atoms with Gasteiger partial charge >= 0.3 is 5.97 Å². The van der Waals surface area contributed by atoms with E-state index < -0.39 is 34.9 Å². The fourth-order valence-corrected chi connectivity index (χ4v) is 2.63. The molecule has 0 radical (unpaired) electrons. The zero-order valence-corrected chi connectivity index (χ0v) is 12.5. The standard InChI is InChI=1S/C15H19F2NO3/c1-14(2)7-12(15(3,4)21-14)20-13(19)8-5-9(16)10(17)6-11(8)18/h5-6,12H,7,18H2,1-4H3. The molecule has 1 fully saturated rings. The van der Waals surface area contributed by atoms with Crippen LogP contribution < -0.4 is 5.73 Å². The van der Waals surface area contributed by atoms with E-state index in [1.54, 1.807) is 0 Å². The van der Waals surface area contributed by atoms with Gasteiger partial charge in [-0.05, 0) is 33.8 Å². The van der Waals surface area contributed by atoms with E-state index in [0.29, 0.717) is 6.42 Å². The number of nitrogen functional groups attached to an aromatic ring is 1. The zero-order chi connectivity index (χ0) is 16.0. The molecule has 1 aliphatic heterocycles. The minimum atomic E-state index is -1.14. The molecule has 0 amide bonds. The second-order valence-corrected chi connectivity index (χ2v) is 6.42. The summed E-state index contributed by atoms with van der Waals surface area (Å²) in [7, 11) is 0. The van der Waals surface area contributed by atoms with Gasteiger partial charge in [-0.1, -0.05) is 0 Å². The van der Waals surface area contributed by atoms with Gasteiger partial charge < -0.3 is 15.2 Å². The molecule has 1 aliphatic rings. The van der Waals surface area contributed by atoms with Crippen molar-refractivity contribution in [2.24, 2.45) is 0 Å². The molecule has 2 N–H and O–H groups in total. The highest BCUT2D eigenvalue weighted by molar-refractivity contribution is 5.95. The van der Waals surface area contributed by atoms with Crippen LogP contribution in [-0.2, 0) is 9.47 Å². The fraction of sp³-hybridized carbons (Fsp3) is 0.533. The van der Waals surface area contributed by atoms with Gasteiger partial charge in [-0.25, -0.2) is 13.6 Å². The topological polar surface area (TPSA) is 61.5 Å². The minimum absolute atomic E-state index is 0.158. The molecule has 1 saturated heterocycles. The van der Waals surface area contributed by atoms with Crippen molar-refractivity contribution in [3.63, 3.8) is 0 Å². The largest absolute Gasteiger partial charge is 0.456 e. The third-order valence-electron chi connectivity index (χ3n) is 3.55. The van der Waals surface area contributed by atoms with Gasteiger partial charge in [0.05, 0.1) is 11.2 Å². The summed E-state index contributed by atoms with van der Waals surface area (Å²) in [5.41, 5.74) is 4.12. The van der Waals surface area contributed by atoms with E-state index in [4.69, 9.17) is 15.2 Å². The third-order valence-corrected chi connectivity index (χ3v) is 3.55. The van der Waals surface area contributed by atoms with Gasteiger partial charge in [-0.3, -0.25) is 0 Å². The SMILES string of the molecule is CC1(C)CC(OC(=O)c2cc(F)c(F)cc2N)C(C)(C)O1. The molecular formula is C15H19F2NO3. The Morgan fingerprint density at radius 1 is 1.29 bits per heavy atom. The predicted molar refractivity (Wildman–Crippen MR) is 73.8 cm³/mol. The first kappa shape index (κ1) is 15.7. The van der Waals surface area contributed by atoms with E-state index in [-0.39, 0.29) is 11.3 Å². The van der Waals surface area contributed by atoms with Crippen LogP contribution in [0.2, 0.25) is 0 Å². The molecule has 2 rings (SSSR count). The predicted octanol–water partition coefficient (Wildman–Crippen LogP) is 3.05. The number of esters is 1. The first-order chi connectivity index (χ1) is 9.52. The van der Waals surface area contributed by atoms with Crippen molar-refractivity contribution in [3.8, 4) is 0 Å². The molecule has 0 spiro atoms. The summed E-state index contributed by atoms with van der Waals surface area (Å²) in [6, 6.07) is 1.52. The first-order valence-corrected chi connectivity index (χ1v) is 6.67. The summed E-state index contributed by atoms with van der Waals surface area (Å²) >= 11 is 0. The van der Waals surface area contributed by atoms with Gasteiger partial charge in [0.25, 0.3) is 0 Å². The van der Waals surface area contributed by atoms with Crippen molar-refractivity contribution in [1.29, 1.82) is 0 Å². The lowest BCUT2D eigenvalue weighted by atomic mass is 9.97. The number of ether oxygens (including phenoxy) is 2. The molecule has 1 heterocycles. The lowest BCUT2D eigenvalue weighted by molar-refractivity contribution is -0.0924. The lowest BCUT2D eigenvalue weighted by Crippen LogP contribution is -2.36. The molecule has 1 atom stereocenters. The molecule has 0 bridgehead atoms. The van der Waals surface area contributed by atoms with Crippen LogP contribution in [0.1, 0.15) is 44.5 Å². The van der Waals surface area contributed by atoms with E-state index >= 15 is 0 Å². The Hall–Kier alpha value is -1.69. The van der Waals surface area contributed by atoms with Gasteiger partial charge in [0.15, 0.2) is 11.6 Å². The van der Waals surface area contributed by atoms with E-state index in [1.165, 1.54) is 0 Å². The van der Waals surface area contributed by atoms with Crippen molar-refractivity contribution in [3.05, 3.63) is 29.3 Å². The number of anilines is 1. The van der Waals surface area contributed by atoms with Crippen LogP contribution in [-0.4, -0.2) is 23.3 Å². The van der Waals surface area contributed by atoms with Crippen LogP contribution in [0.3, 0.4) is 0 Å². The highest BCUT2D eigenvalue weighted by Crippen LogP contribution is 2.39. The summed E-state index contributed by atoms with van der Waals surface area (Å²) in [6.07, 6.45) is 0.0162. The third kappa shape index (κ3) is 3.15. The average molecular weight is 299 g/mol. The number of benzene rings is 1. The second-order valence-electron chi connectivity index (χ2n) is 6.42. The van der Waals surface area contributed by atoms with Gasteiger partial charge in [0.2, 0.25) is 0 Å². The molecule has 116 valence electrons. The number of hydrogen-bond acceptors (Lipinski definition) is 4. The summed E-state index contributed by atoms with van der Waals surface area (Å²) in [4.78, 5) is 12.1. The first-order valence-electron chi connectivity index (χ1n) is 6.67. The summed E-state index contributed by atoms with van der Waals surface area (Å²) in [5, 5.41) is 0. The Morgan fingerprint density at radius 2 is 1.86 bits per heavy atom. The van der Waals surface area contributed by atoms with E-state index in [9.17, 15) is 13.6 Å². The maximum absolute atomic E-state index is 13.2. The minimum Gasteiger partial charge on any atom is -0.456 e. The van der Waals surface area contributed by atoms with Crippen LogP contribution >= 0.6 is 0 Å². The fourth-order valence-electron chi connectivity index (χ4n) is 2.63. The average Bonchev–Trinajstić information content (AvgIpc) is 2.51. The van der Waals surface area contributed by atoms with E-state index in [0.717, 1.165) is 12.1 Å². The number of hydrogen-bond donors (Lipinski definition) is 1. The lowest BCUT2D eigenvalue weighted by Gasteiger charge is -2.26. The molecule has 6 heteroatoms.